The number of rotatable bonds is 6. The van der Waals surface area contributed by atoms with E-state index in [1.54, 1.807) is 0 Å². The van der Waals surface area contributed by atoms with Crippen molar-refractivity contribution < 1.29 is 0 Å². The molecule has 1 heterocycles. The van der Waals surface area contributed by atoms with Crippen LogP contribution in [0.3, 0.4) is 0 Å². The van der Waals surface area contributed by atoms with Crippen molar-refractivity contribution in [2.75, 3.05) is 12.3 Å². The van der Waals surface area contributed by atoms with Gasteiger partial charge < -0.3 is 5.32 Å². The summed E-state index contributed by atoms with van der Waals surface area (Å²) in [6.07, 6.45) is 8.43. The van der Waals surface area contributed by atoms with Crippen LogP contribution in [-0.2, 0) is 0 Å². The van der Waals surface area contributed by atoms with E-state index < -0.39 is 0 Å². The molecule has 1 nitrogen and oxygen atoms in total. The molecule has 0 aromatic heterocycles. The van der Waals surface area contributed by atoms with E-state index in [0.717, 1.165) is 11.3 Å². The van der Waals surface area contributed by atoms with Gasteiger partial charge in [0.05, 0.1) is 5.37 Å². The normalized spacial score (nSPS) is 27.9. The fourth-order valence-electron chi connectivity index (χ4n) is 1.85. The van der Waals surface area contributed by atoms with Crippen LogP contribution in [0.25, 0.3) is 0 Å². The van der Waals surface area contributed by atoms with Gasteiger partial charge in [-0.3, -0.25) is 0 Å². The van der Waals surface area contributed by atoms with Crippen LogP contribution in [0, 0.1) is 5.92 Å². The Bertz CT molecular complexity index is 130. The lowest BCUT2D eigenvalue weighted by atomic mass is 10.1. The lowest BCUT2D eigenvalue weighted by Gasteiger charge is -2.27. The van der Waals surface area contributed by atoms with Gasteiger partial charge in [-0.2, -0.15) is 0 Å². The van der Waals surface area contributed by atoms with Crippen LogP contribution in [0.2, 0.25) is 0 Å². The summed E-state index contributed by atoms with van der Waals surface area (Å²) in [6.45, 7) is 5.84. The summed E-state index contributed by atoms with van der Waals surface area (Å²) in [7, 11) is 0. The molecule has 0 bridgehead atoms. The molecule has 1 aliphatic heterocycles. The first-order valence-electron chi connectivity index (χ1n) is 6.18. The third-order valence-corrected chi connectivity index (χ3v) is 4.41. The molecule has 0 aromatic carbocycles. The van der Waals surface area contributed by atoms with Crippen LogP contribution >= 0.6 is 11.8 Å². The zero-order valence-corrected chi connectivity index (χ0v) is 10.5. The second-order valence-electron chi connectivity index (χ2n) is 4.54. The van der Waals surface area contributed by atoms with E-state index in [2.05, 4.69) is 30.9 Å². The standard InChI is InChI=1S/C12H25NS/c1-3-4-5-6-7-8-12-13-9-11(2)10-14-12/h11-13H,3-10H2,1-2H3. The molecule has 0 aromatic rings. The van der Waals surface area contributed by atoms with Gasteiger partial charge in [-0.25, -0.2) is 0 Å². The molecule has 14 heavy (non-hydrogen) atoms. The first-order valence-corrected chi connectivity index (χ1v) is 7.22. The minimum atomic E-state index is 0.757. The van der Waals surface area contributed by atoms with Crippen molar-refractivity contribution in [1.29, 1.82) is 0 Å². The van der Waals surface area contributed by atoms with E-state index in [0.29, 0.717) is 0 Å². The van der Waals surface area contributed by atoms with Crippen molar-refractivity contribution in [1.82, 2.24) is 5.32 Å². The minimum Gasteiger partial charge on any atom is -0.305 e. The second kappa shape index (κ2) is 7.58. The molecule has 0 amide bonds. The fraction of sp³-hybridized carbons (Fsp3) is 1.00. The largest absolute Gasteiger partial charge is 0.305 e. The molecule has 1 N–H and O–H groups in total. The van der Waals surface area contributed by atoms with E-state index in [4.69, 9.17) is 0 Å². The van der Waals surface area contributed by atoms with Crippen molar-refractivity contribution in [2.45, 2.75) is 57.7 Å². The van der Waals surface area contributed by atoms with Crippen molar-refractivity contribution in [3.63, 3.8) is 0 Å². The Hall–Kier alpha value is 0.310. The molecule has 1 rings (SSSR count). The number of hydrogen-bond acceptors (Lipinski definition) is 2. The van der Waals surface area contributed by atoms with Gasteiger partial charge in [0.2, 0.25) is 0 Å². The molecule has 1 saturated heterocycles. The Morgan fingerprint density at radius 2 is 2.00 bits per heavy atom. The summed E-state index contributed by atoms with van der Waals surface area (Å²) in [4.78, 5) is 0. The Balaban J connectivity index is 1.91. The van der Waals surface area contributed by atoms with Crippen molar-refractivity contribution in [3.8, 4) is 0 Å². The summed E-state index contributed by atoms with van der Waals surface area (Å²) in [5, 5.41) is 4.38. The summed E-state index contributed by atoms with van der Waals surface area (Å²) >= 11 is 2.12. The maximum Gasteiger partial charge on any atom is 0.0532 e. The lowest BCUT2D eigenvalue weighted by Crippen LogP contribution is -2.36. The highest BCUT2D eigenvalue weighted by molar-refractivity contribution is 7.99. The molecule has 1 fully saturated rings. The maximum absolute atomic E-state index is 3.62. The first-order chi connectivity index (χ1) is 6.83. The van der Waals surface area contributed by atoms with Crippen molar-refractivity contribution in [3.05, 3.63) is 0 Å². The number of unbranched alkanes of at least 4 members (excludes halogenated alkanes) is 4. The van der Waals surface area contributed by atoms with Gasteiger partial charge in [-0.1, -0.05) is 46.0 Å². The quantitative estimate of drug-likeness (QED) is 0.679. The summed E-state index contributed by atoms with van der Waals surface area (Å²) < 4.78 is 0. The smallest absolute Gasteiger partial charge is 0.0532 e. The number of nitrogens with one attached hydrogen (secondary N) is 1. The van der Waals surface area contributed by atoms with Gasteiger partial charge in [0.25, 0.3) is 0 Å². The summed E-state index contributed by atoms with van der Waals surface area (Å²) in [6, 6.07) is 0. The van der Waals surface area contributed by atoms with E-state index >= 15 is 0 Å². The van der Waals surface area contributed by atoms with Crippen LogP contribution in [0.5, 0.6) is 0 Å². The highest BCUT2D eigenvalue weighted by Crippen LogP contribution is 2.22. The third kappa shape index (κ3) is 5.26. The monoisotopic (exact) mass is 215 g/mol. The van der Waals surface area contributed by atoms with E-state index in [9.17, 15) is 0 Å². The van der Waals surface area contributed by atoms with Crippen molar-refractivity contribution >= 4 is 11.8 Å². The zero-order valence-electron chi connectivity index (χ0n) is 9.72. The predicted octanol–water partition coefficient (Wildman–Crippen LogP) is 3.65. The van der Waals surface area contributed by atoms with Gasteiger partial charge in [-0.15, -0.1) is 11.8 Å². The Morgan fingerprint density at radius 3 is 2.64 bits per heavy atom. The summed E-state index contributed by atoms with van der Waals surface area (Å²) in [5.41, 5.74) is 0. The van der Waals surface area contributed by atoms with Gasteiger partial charge in [0, 0.05) is 0 Å². The Kier molecular flexibility index (Phi) is 6.70. The van der Waals surface area contributed by atoms with E-state index in [1.807, 2.05) is 0 Å². The molecule has 0 spiro atoms. The van der Waals surface area contributed by atoms with E-state index in [-0.39, 0.29) is 0 Å². The van der Waals surface area contributed by atoms with Gasteiger partial charge in [-0.05, 0) is 24.6 Å². The molecule has 0 saturated carbocycles. The van der Waals surface area contributed by atoms with Gasteiger partial charge in [0.1, 0.15) is 0 Å². The molecule has 2 heteroatoms. The van der Waals surface area contributed by atoms with Crippen LogP contribution in [0.1, 0.15) is 52.4 Å². The molecule has 2 atom stereocenters. The first kappa shape index (κ1) is 12.4. The minimum absolute atomic E-state index is 0.757. The second-order valence-corrected chi connectivity index (χ2v) is 5.77. The average molecular weight is 215 g/mol. The van der Waals surface area contributed by atoms with Crippen molar-refractivity contribution in [2.24, 2.45) is 5.92 Å². The summed E-state index contributed by atoms with van der Waals surface area (Å²) in [5.74, 6) is 2.23. The van der Waals surface area contributed by atoms with Crippen LogP contribution in [0.15, 0.2) is 0 Å². The zero-order chi connectivity index (χ0) is 10.2. The molecule has 1 aliphatic rings. The number of thioether (sulfide) groups is 1. The topological polar surface area (TPSA) is 12.0 Å². The Morgan fingerprint density at radius 1 is 1.21 bits per heavy atom. The Labute approximate surface area is 93.4 Å². The highest BCUT2D eigenvalue weighted by Gasteiger charge is 2.16. The molecule has 84 valence electrons. The SMILES string of the molecule is CCCCCCCC1NCC(C)CS1. The molecule has 2 unspecified atom stereocenters. The fourth-order valence-corrected chi connectivity index (χ4v) is 3.08. The van der Waals surface area contributed by atoms with Crippen LogP contribution in [-0.4, -0.2) is 17.7 Å². The van der Waals surface area contributed by atoms with Gasteiger partial charge in [0.15, 0.2) is 0 Å². The maximum atomic E-state index is 3.62. The predicted molar refractivity (Wildman–Crippen MR) is 66.8 cm³/mol. The van der Waals surface area contributed by atoms with Crippen LogP contribution < -0.4 is 5.32 Å². The molecule has 0 aliphatic carbocycles. The van der Waals surface area contributed by atoms with E-state index in [1.165, 1.54) is 50.8 Å². The third-order valence-electron chi connectivity index (χ3n) is 2.85. The average Bonchev–Trinajstić information content (AvgIpc) is 2.21. The molecular formula is C12H25NS. The van der Waals surface area contributed by atoms with Crippen LogP contribution in [0.4, 0.5) is 0 Å². The molecule has 0 radical (unpaired) electrons. The highest BCUT2D eigenvalue weighted by atomic mass is 32.2. The van der Waals surface area contributed by atoms with Gasteiger partial charge >= 0.3 is 0 Å². The number of hydrogen-bond donors (Lipinski definition) is 1. The lowest BCUT2D eigenvalue weighted by molar-refractivity contribution is 0.486. The molecular weight excluding hydrogens is 190 g/mol.